The lowest BCUT2D eigenvalue weighted by atomic mass is 10.2. The summed E-state index contributed by atoms with van der Waals surface area (Å²) in [6.07, 6.45) is 1.10. The highest BCUT2D eigenvalue weighted by atomic mass is 35.5. The monoisotopic (exact) mass is 271 g/mol. The van der Waals surface area contributed by atoms with E-state index in [0.29, 0.717) is 24.0 Å². The zero-order valence-electron chi connectivity index (χ0n) is 11.4. The Morgan fingerprint density at radius 3 is 2.22 bits per heavy atom. The zero-order valence-corrected chi connectivity index (χ0v) is 12.1. The smallest absolute Gasteiger partial charge is 0.162 e. The van der Waals surface area contributed by atoms with Gasteiger partial charge in [-0.3, -0.25) is 0 Å². The van der Waals surface area contributed by atoms with Gasteiger partial charge >= 0.3 is 0 Å². The van der Waals surface area contributed by atoms with Gasteiger partial charge in [-0.15, -0.1) is 0 Å². The molecule has 0 unspecified atom stereocenters. The van der Waals surface area contributed by atoms with Crippen molar-refractivity contribution in [3.05, 3.63) is 22.7 Å². The maximum absolute atomic E-state index is 6.24. The van der Waals surface area contributed by atoms with E-state index < -0.39 is 0 Å². The van der Waals surface area contributed by atoms with Crippen LogP contribution in [0.25, 0.3) is 0 Å². The van der Waals surface area contributed by atoms with Gasteiger partial charge in [0.15, 0.2) is 11.5 Å². The second-order valence-corrected chi connectivity index (χ2v) is 4.34. The Morgan fingerprint density at radius 2 is 1.67 bits per heavy atom. The van der Waals surface area contributed by atoms with Crippen LogP contribution >= 0.6 is 11.6 Å². The van der Waals surface area contributed by atoms with E-state index in [4.69, 9.17) is 21.1 Å². The first-order chi connectivity index (χ1) is 8.72. The van der Waals surface area contributed by atoms with Crippen LogP contribution in [-0.2, 0) is 6.54 Å². The molecule has 4 heteroatoms. The summed E-state index contributed by atoms with van der Waals surface area (Å²) in [7, 11) is 0. The summed E-state index contributed by atoms with van der Waals surface area (Å²) in [6.45, 7) is 8.98. The van der Waals surface area contributed by atoms with Crippen molar-refractivity contribution in [2.45, 2.75) is 33.7 Å². The number of rotatable bonds is 8. The van der Waals surface area contributed by atoms with Gasteiger partial charge in [0.2, 0.25) is 0 Å². The van der Waals surface area contributed by atoms with Crippen LogP contribution in [0.2, 0.25) is 5.02 Å². The summed E-state index contributed by atoms with van der Waals surface area (Å²) in [4.78, 5) is 0. The first-order valence-electron chi connectivity index (χ1n) is 6.51. The van der Waals surface area contributed by atoms with Crippen LogP contribution in [0.1, 0.15) is 32.8 Å². The average molecular weight is 272 g/mol. The molecular formula is C14H22ClNO2. The van der Waals surface area contributed by atoms with Crippen LogP contribution in [0.4, 0.5) is 0 Å². The summed E-state index contributed by atoms with van der Waals surface area (Å²) in [5.74, 6) is 1.47. The molecule has 1 aromatic rings. The molecule has 102 valence electrons. The van der Waals surface area contributed by atoms with Crippen molar-refractivity contribution in [3.8, 4) is 11.5 Å². The van der Waals surface area contributed by atoms with E-state index in [1.165, 1.54) is 0 Å². The number of hydrogen-bond acceptors (Lipinski definition) is 3. The Balaban J connectivity index is 2.87. The van der Waals surface area contributed by atoms with E-state index in [0.717, 1.165) is 30.8 Å². The van der Waals surface area contributed by atoms with E-state index in [-0.39, 0.29) is 0 Å². The lowest BCUT2D eigenvalue weighted by molar-refractivity contribution is 0.287. The minimum Gasteiger partial charge on any atom is -0.490 e. The Morgan fingerprint density at radius 1 is 1.06 bits per heavy atom. The average Bonchev–Trinajstić information content (AvgIpc) is 2.35. The van der Waals surface area contributed by atoms with Gasteiger partial charge in [-0.05, 0) is 38.4 Å². The molecule has 1 aromatic carbocycles. The van der Waals surface area contributed by atoms with Crippen molar-refractivity contribution >= 4 is 11.6 Å². The van der Waals surface area contributed by atoms with Crippen LogP contribution in [0.15, 0.2) is 12.1 Å². The standard InChI is InChI=1S/C14H22ClNO2/c1-4-7-16-10-11-8-13(17-5-2)14(18-6-3)9-12(11)15/h8-9,16H,4-7,10H2,1-3H3. The molecule has 0 heterocycles. The van der Waals surface area contributed by atoms with Gasteiger partial charge < -0.3 is 14.8 Å². The fraction of sp³-hybridized carbons (Fsp3) is 0.571. The molecule has 0 amide bonds. The maximum atomic E-state index is 6.24. The number of ether oxygens (including phenoxy) is 2. The van der Waals surface area contributed by atoms with Crippen molar-refractivity contribution in [2.24, 2.45) is 0 Å². The SMILES string of the molecule is CCCNCc1cc(OCC)c(OCC)cc1Cl. The summed E-state index contributed by atoms with van der Waals surface area (Å²) in [6, 6.07) is 3.79. The Kier molecular flexibility index (Phi) is 6.91. The van der Waals surface area contributed by atoms with E-state index in [2.05, 4.69) is 12.2 Å². The second-order valence-electron chi connectivity index (χ2n) is 3.93. The molecule has 0 bridgehead atoms. The van der Waals surface area contributed by atoms with Crippen molar-refractivity contribution in [3.63, 3.8) is 0 Å². The summed E-state index contributed by atoms with van der Waals surface area (Å²) >= 11 is 6.24. The molecule has 0 atom stereocenters. The summed E-state index contributed by atoms with van der Waals surface area (Å²) in [5, 5.41) is 4.05. The Bertz CT molecular complexity index is 369. The van der Waals surface area contributed by atoms with Crippen LogP contribution in [0.5, 0.6) is 11.5 Å². The third-order valence-corrected chi connectivity index (χ3v) is 2.81. The van der Waals surface area contributed by atoms with E-state index in [9.17, 15) is 0 Å². The van der Waals surface area contributed by atoms with Crippen LogP contribution in [0.3, 0.4) is 0 Å². The maximum Gasteiger partial charge on any atom is 0.162 e. The quantitative estimate of drug-likeness (QED) is 0.733. The fourth-order valence-electron chi connectivity index (χ4n) is 1.65. The first-order valence-corrected chi connectivity index (χ1v) is 6.89. The summed E-state index contributed by atoms with van der Waals surface area (Å²) in [5.41, 5.74) is 1.04. The van der Waals surface area contributed by atoms with Crippen molar-refractivity contribution in [1.29, 1.82) is 0 Å². The molecule has 3 nitrogen and oxygen atoms in total. The fourth-order valence-corrected chi connectivity index (χ4v) is 1.87. The van der Waals surface area contributed by atoms with Crippen LogP contribution < -0.4 is 14.8 Å². The molecule has 0 aliphatic carbocycles. The number of halogens is 1. The molecule has 0 radical (unpaired) electrons. The van der Waals surface area contributed by atoms with Gasteiger partial charge in [0.05, 0.1) is 13.2 Å². The molecular weight excluding hydrogens is 250 g/mol. The molecule has 0 fully saturated rings. The van der Waals surface area contributed by atoms with Gasteiger partial charge in [-0.2, -0.15) is 0 Å². The molecule has 0 spiro atoms. The van der Waals surface area contributed by atoms with Gasteiger partial charge in [0, 0.05) is 17.6 Å². The van der Waals surface area contributed by atoms with E-state index in [1.54, 1.807) is 0 Å². The molecule has 0 saturated carbocycles. The highest BCUT2D eigenvalue weighted by Crippen LogP contribution is 2.33. The first kappa shape index (κ1) is 15.1. The lowest BCUT2D eigenvalue weighted by Gasteiger charge is -2.14. The highest BCUT2D eigenvalue weighted by Gasteiger charge is 2.10. The predicted molar refractivity (Wildman–Crippen MR) is 75.8 cm³/mol. The predicted octanol–water partition coefficient (Wildman–Crippen LogP) is 3.64. The zero-order chi connectivity index (χ0) is 13.4. The number of hydrogen-bond donors (Lipinski definition) is 1. The largest absolute Gasteiger partial charge is 0.490 e. The molecule has 0 aliphatic rings. The normalized spacial score (nSPS) is 10.4. The molecule has 0 aliphatic heterocycles. The minimum atomic E-state index is 0.601. The molecule has 1 N–H and O–H groups in total. The van der Waals surface area contributed by atoms with E-state index >= 15 is 0 Å². The number of nitrogens with one attached hydrogen (secondary N) is 1. The van der Waals surface area contributed by atoms with Crippen LogP contribution in [-0.4, -0.2) is 19.8 Å². The molecule has 0 saturated heterocycles. The Hall–Kier alpha value is -0.930. The van der Waals surface area contributed by atoms with Gasteiger partial charge in [0.25, 0.3) is 0 Å². The van der Waals surface area contributed by atoms with E-state index in [1.807, 2.05) is 26.0 Å². The second kappa shape index (κ2) is 8.22. The Labute approximate surface area is 114 Å². The number of benzene rings is 1. The minimum absolute atomic E-state index is 0.601. The molecule has 1 rings (SSSR count). The van der Waals surface area contributed by atoms with Gasteiger partial charge in [0.1, 0.15) is 0 Å². The lowest BCUT2D eigenvalue weighted by Crippen LogP contribution is -2.14. The third-order valence-electron chi connectivity index (χ3n) is 2.45. The highest BCUT2D eigenvalue weighted by molar-refractivity contribution is 6.31. The van der Waals surface area contributed by atoms with Crippen molar-refractivity contribution in [1.82, 2.24) is 5.32 Å². The topological polar surface area (TPSA) is 30.5 Å². The summed E-state index contributed by atoms with van der Waals surface area (Å²) < 4.78 is 11.1. The third kappa shape index (κ3) is 4.39. The molecule has 0 aromatic heterocycles. The molecule has 18 heavy (non-hydrogen) atoms. The van der Waals surface area contributed by atoms with Gasteiger partial charge in [-0.1, -0.05) is 18.5 Å². The van der Waals surface area contributed by atoms with Gasteiger partial charge in [-0.25, -0.2) is 0 Å². The van der Waals surface area contributed by atoms with Crippen molar-refractivity contribution < 1.29 is 9.47 Å². The van der Waals surface area contributed by atoms with Crippen LogP contribution in [0, 0.1) is 0 Å². The van der Waals surface area contributed by atoms with Crippen molar-refractivity contribution in [2.75, 3.05) is 19.8 Å².